The van der Waals surface area contributed by atoms with Crippen LogP contribution >= 0.6 is 0 Å². The van der Waals surface area contributed by atoms with Crippen LogP contribution in [0.5, 0.6) is 0 Å². The van der Waals surface area contributed by atoms with Crippen LogP contribution < -0.4 is 5.73 Å². The van der Waals surface area contributed by atoms with Crippen LogP contribution in [0.2, 0.25) is 0 Å². The summed E-state index contributed by atoms with van der Waals surface area (Å²) >= 11 is 0. The number of hydrogen-bond donors (Lipinski definition) is 1. The van der Waals surface area contributed by atoms with Crippen LogP contribution in [-0.2, 0) is 4.74 Å². The first-order valence-corrected chi connectivity index (χ1v) is 7.82. The molecular formula is C15H32N2O. The molecule has 1 aliphatic carbocycles. The lowest BCUT2D eigenvalue weighted by atomic mass is 9.88. The first-order chi connectivity index (χ1) is 8.79. The van der Waals surface area contributed by atoms with Gasteiger partial charge in [0.05, 0.1) is 6.61 Å². The fourth-order valence-corrected chi connectivity index (χ4v) is 3.19. The van der Waals surface area contributed by atoms with E-state index in [-0.39, 0.29) is 5.54 Å². The number of nitrogens with two attached hydrogens (primary N) is 1. The molecule has 0 radical (unpaired) electrons. The van der Waals surface area contributed by atoms with Crippen molar-refractivity contribution in [1.29, 1.82) is 0 Å². The molecular weight excluding hydrogens is 224 g/mol. The van der Waals surface area contributed by atoms with Gasteiger partial charge in [0.15, 0.2) is 0 Å². The summed E-state index contributed by atoms with van der Waals surface area (Å²) in [7, 11) is 0. The zero-order valence-corrected chi connectivity index (χ0v) is 12.4. The highest BCUT2D eigenvalue weighted by molar-refractivity contribution is 4.92. The quantitative estimate of drug-likeness (QED) is 0.536. The number of hydrogen-bond acceptors (Lipinski definition) is 3. The Labute approximate surface area is 113 Å². The first-order valence-electron chi connectivity index (χ1n) is 7.82. The van der Waals surface area contributed by atoms with Gasteiger partial charge in [0.25, 0.3) is 0 Å². The second kappa shape index (κ2) is 8.89. The molecule has 1 aliphatic rings. The van der Waals surface area contributed by atoms with Crippen molar-refractivity contribution in [1.82, 2.24) is 4.90 Å². The molecule has 0 spiro atoms. The van der Waals surface area contributed by atoms with Crippen molar-refractivity contribution < 1.29 is 4.74 Å². The van der Waals surface area contributed by atoms with Crippen molar-refractivity contribution in [2.75, 3.05) is 32.8 Å². The van der Waals surface area contributed by atoms with Gasteiger partial charge in [0.2, 0.25) is 0 Å². The van der Waals surface area contributed by atoms with E-state index in [2.05, 4.69) is 18.7 Å². The summed E-state index contributed by atoms with van der Waals surface area (Å²) in [6.45, 7) is 9.07. The fourth-order valence-electron chi connectivity index (χ4n) is 3.19. The fraction of sp³-hybridized carbons (Fsp3) is 1.00. The average molecular weight is 256 g/mol. The van der Waals surface area contributed by atoms with E-state index < -0.39 is 0 Å². The average Bonchev–Trinajstić information content (AvgIpc) is 2.65. The second-order valence-electron chi connectivity index (χ2n) is 5.53. The van der Waals surface area contributed by atoms with Crippen molar-refractivity contribution in [3.63, 3.8) is 0 Å². The van der Waals surface area contributed by atoms with Gasteiger partial charge in [0, 0.05) is 25.2 Å². The highest BCUT2D eigenvalue weighted by Gasteiger charge is 2.34. The molecule has 0 saturated heterocycles. The monoisotopic (exact) mass is 256 g/mol. The highest BCUT2D eigenvalue weighted by Crippen LogP contribution is 2.31. The smallest absolute Gasteiger partial charge is 0.0593 e. The van der Waals surface area contributed by atoms with E-state index in [0.29, 0.717) is 0 Å². The third-order valence-corrected chi connectivity index (χ3v) is 4.32. The largest absolute Gasteiger partial charge is 0.380 e. The van der Waals surface area contributed by atoms with Gasteiger partial charge in [-0.05, 0) is 25.8 Å². The van der Waals surface area contributed by atoms with Crippen LogP contribution in [-0.4, -0.2) is 43.3 Å². The highest BCUT2D eigenvalue weighted by atomic mass is 16.5. The van der Waals surface area contributed by atoms with E-state index in [1.54, 1.807) is 0 Å². The van der Waals surface area contributed by atoms with Crippen molar-refractivity contribution in [2.24, 2.45) is 5.73 Å². The van der Waals surface area contributed by atoms with E-state index in [1.807, 2.05) is 0 Å². The van der Waals surface area contributed by atoms with Gasteiger partial charge >= 0.3 is 0 Å². The number of likely N-dealkylation sites (N-methyl/N-ethyl adjacent to an activating group) is 1. The number of nitrogens with zero attached hydrogens (tertiary/aromatic N) is 1. The molecule has 0 bridgehead atoms. The van der Waals surface area contributed by atoms with Crippen LogP contribution in [0.25, 0.3) is 0 Å². The molecule has 3 nitrogen and oxygen atoms in total. The molecule has 3 heteroatoms. The van der Waals surface area contributed by atoms with Gasteiger partial charge in [-0.2, -0.15) is 0 Å². The van der Waals surface area contributed by atoms with Crippen LogP contribution in [0.15, 0.2) is 0 Å². The minimum Gasteiger partial charge on any atom is -0.380 e. The normalized spacial score (nSPS) is 20.0. The predicted octanol–water partition coefficient (Wildman–Crippen LogP) is 2.79. The van der Waals surface area contributed by atoms with E-state index in [9.17, 15) is 0 Å². The van der Waals surface area contributed by atoms with Crippen LogP contribution in [0.1, 0.15) is 58.8 Å². The lowest BCUT2D eigenvalue weighted by Gasteiger charge is -2.42. The van der Waals surface area contributed by atoms with Gasteiger partial charge < -0.3 is 10.5 Å². The van der Waals surface area contributed by atoms with Crippen molar-refractivity contribution >= 4 is 0 Å². The number of ether oxygens (including phenoxy) is 1. The Bertz CT molecular complexity index is 201. The molecule has 108 valence electrons. The topological polar surface area (TPSA) is 38.5 Å². The Morgan fingerprint density at radius 2 is 1.72 bits per heavy atom. The van der Waals surface area contributed by atoms with Crippen LogP contribution in [0, 0.1) is 0 Å². The maximum absolute atomic E-state index is 6.13. The van der Waals surface area contributed by atoms with Gasteiger partial charge in [-0.3, -0.25) is 4.90 Å². The zero-order chi connectivity index (χ0) is 13.3. The first kappa shape index (κ1) is 15.9. The Morgan fingerprint density at radius 3 is 2.22 bits per heavy atom. The summed E-state index contributed by atoms with van der Waals surface area (Å²) in [5, 5.41) is 0. The van der Waals surface area contributed by atoms with E-state index in [1.165, 1.54) is 38.5 Å². The van der Waals surface area contributed by atoms with Gasteiger partial charge in [-0.1, -0.05) is 39.5 Å². The Kier molecular flexibility index (Phi) is 7.87. The molecule has 0 heterocycles. The lowest BCUT2D eigenvalue weighted by molar-refractivity contribution is 0.0395. The lowest BCUT2D eigenvalue weighted by Crippen LogP contribution is -2.54. The van der Waals surface area contributed by atoms with Crippen molar-refractivity contribution in [3.8, 4) is 0 Å². The van der Waals surface area contributed by atoms with E-state index in [0.717, 1.165) is 39.3 Å². The number of rotatable bonds is 8. The Balaban J connectivity index is 2.51. The molecule has 0 aromatic rings. The third kappa shape index (κ3) is 4.52. The van der Waals surface area contributed by atoms with Crippen LogP contribution in [0.4, 0.5) is 0 Å². The molecule has 2 N–H and O–H groups in total. The molecule has 0 aromatic carbocycles. The summed E-state index contributed by atoms with van der Waals surface area (Å²) in [5.74, 6) is 0. The maximum Gasteiger partial charge on any atom is 0.0593 e. The standard InChI is InChI=1S/C15H32N2O/c1-3-12-18-13-11-17(4-2)15(14-16)9-7-5-6-8-10-15/h3-14,16H2,1-2H3. The zero-order valence-electron chi connectivity index (χ0n) is 12.4. The summed E-state index contributed by atoms with van der Waals surface area (Å²) in [6, 6.07) is 0. The van der Waals surface area contributed by atoms with Crippen LogP contribution in [0.3, 0.4) is 0 Å². The molecule has 18 heavy (non-hydrogen) atoms. The Morgan fingerprint density at radius 1 is 1.06 bits per heavy atom. The molecule has 1 saturated carbocycles. The van der Waals surface area contributed by atoms with E-state index in [4.69, 9.17) is 10.5 Å². The summed E-state index contributed by atoms with van der Waals surface area (Å²) in [4.78, 5) is 2.58. The molecule has 0 aliphatic heterocycles. The maximum atomic E-state index is 6.13. The SMILES string of the molecule is CCCOCCN(CC)C1(CN)CCCCCC1. The summed E-state index contributed by atoms with van der Waals surface area (Å²) in [6.07, 6.45) is 9.08. The molecule has 0 amide bonds. The molecule has 0 aromatic heterocycles. The van der Waals surface area contributed by atoms with Gasteiger partial charge in [-0.25, -0.2) is 0 Å². The third-order valence-electron chi connectivity index (χ3n) is 4.32. The minimum absolute atomic E-state index is 0.251. The van der Waals surface area contributed by atoms with E-state index >= 15 is 0 Å². The molecule has 0 unspecified atom stereocenters. The molecule has 0 atom stereocenters. The Hall–Kier alpha value is -0.120. The minimum atomic E-state index is 0.251. The molecule has 1 rings (SSSR count). The summed E-state index contributed by atoms with van der Waals surface area (Å²) in [5.41, 5.74) is 6.38. The summed E-state index contributed by atoms with van der Waals surface area (Å²) < 4.78 is 5.64. The van der Waals surface area contributed by atoms with Gasteiger partial charge in [-0.15, -0.1) is 0 Å². The second-order valence-corrected chi connectivity index (χ2v) is 5.53. The van der Waals surface area contributed by atoms with Gasteiger partial charge in [0.1, 0.15) is 0 Å². The van der Waals surface area contributed by atoms with Crippen molar-refractivity contribution in [3.05, 3.63) is 0 Å². The molecule has 1 fully saturated rings. The predicted molar refractivity (Wildman–Crippen MR) is 77.8 cm³/mol. The van der Waals surface area contributed by atoms with Crippen molar-refractivity contribution in [2.45, 2.75) is 64.3 Å².